The molecule has 0 heterocycles. The van der Waals surface area contributed by atoms with Gasteiger partial charge in [-0.25, -0.2) is 0 Å². The molecule has 0 atom stereocenters. The van der Waals surface area contributed by atoms with Gasteiger partial charge in [0, 0.05) is 25.3 Å². The Bertz CT molecular complexity index is 356. The van der Waals surface area contributed by atoms with Gasteiger partial charge in [-0.15, -0.1) is 0 Å². The van der Waals surface area contributed by atoms with Crippen LogP contribution in [0.4, 0.5) is 5.69 Å². The molecule has 0 bridgehead atoms. The van der Waals surface area contributed by atoms with Crippen molar-refractivity contribution in [2.45, 2.75) is 24.5 Å². The predicted molar refractivity (Wildman–Crippen MR) is 61.9 cm³/mol. The van der Waals surface area contributed by atoms with E-state index in [1.165, 1.54) is 0 Å². The van der Waals surface area contributed by atoms with Crippen molar-refractivity contribution < 1.29 is 5.11 Å². The highest BCUT2D eigenvalue weighted by Gasteiger charge is 2.41. The zero-order valence-electron chi connectivity index (χ0n) is 9.27. The highest BCUT2D eigenvalue weighted by atomic mass is 16.3. The van der Waals surface area contributed by atoms with Crippen LogP contribution in [0.15, 0.2) is 24.3 Å². The van der Waals surface area contributed by atoms with Crippen molar-refractivity contribution in [3.8, 4) is 0 Å². The molecular weight excluding hydrogens is 188 g/mol. The third-order valence-electron chi connectivity index (χ3n) is 3.14. The lowest BCUT2D eigenvalue weighted by Crippen LogP contribution is -2.51. The summed E-state index contributed by atoms with van der Waals surface area (Å²) in [6.45, 7) is 0. The van der Waals surface area contributed by atoms with Crippen LogP contribution in [0.2, 0.25) is 0 Å². The molecule has 0 unspecified atom stereocenters. The van der Waals surface area contributed by atoms with Gasteiger partial charge in [0.25, 0.3) is 0 Å². The highest BCUT2D eigenvalue weighted by molar-refractivity contribution is 5.49. The van der Waals surface area contributed by atoms with Crippen LogP contribution >= 0.6 is 0 Å². The fourth-order valence-electron chi connectivity index (χ4n) is 2.11. The lowest BCUT2D eigenvalue weighted by atomic mass is 9.70. The summed E-state index contributed by atoms with van der Waals surface area (Å²) in [7, 11) is 4.02. The lowest BCUT2D eigenvalue weighted by molar-refractivity contribution is 0.0210. The van der Waals surface area contributed by atoms with Crippen LogP contribution < -0.4 is 10.6 Å². The van der Waals surface area contributed by atoms with Crippen molar-refractivity contribution in [1.82, 2.24) is 0 Å². The smallest absolute Gasteiger partial charge is 0.0582 e. The number of benzene rings is 1. The van der Waals surface area contributed by atoms with Crippen molar-refractivity contribution in [2.24, 2.45) is 5.73 Å². The predicted octanol–water partition coefficient (Wildman–Crippen LogP) is 1.06. The van der Waals surface area contributed by atoms with Gasteiger partial charge >= 0.3 is 0 Å². The van der Waals surface area contributed by atoms with Crippen LogP contribution in [0.1, 0.15) is 18.4 Å². The first-order valence-corrected chi connectivity index (χ1v) is 5.26. The van der Waals surface area contributed by atoms with Crippen molar-refractivity contribution in [1.29, 1.82) is 0 Å². The molecule has 15 heavy (non-hydrogen) atoms. The number of aliphatic hydroxyl groups excluding tert-OH is 1. The van der Waals surface area contributed by atoms with Gasteiger partial charge in [-0.1, -0.05) is 12.1 Å². The van der Waals surface area contributed by atoms with E-state index in [9.17, 15) is 5.11 Å². The van der Waals surface area contributed by atoms with Crippen molar-refractivity contribution in [3.63, 3.8) is 0 Å². The Balaban J connectivity index is 2.26. The molecule has 3 N–H and O–H groups in total. The minimum Gasteiger partial charge on any atom is -0.393 e. The average molecular weight is 206 g/mol. The van der Waals surface area contributed by atoms with Crippen LogP contribution in [0.3, 0.4) is 0 Å². The van der Waals surface area contributed by atoms with Crippen LogP contribution in [-0.2, 0) is 5.54 Å². The molecule has 3 nitrogen and oxygen atoms in total. The first kappa shape index (κ1) is 10.5. The molecule has 1 saturated carbocycles. The second-order valence-corrected chi connectivity index (χ2v) is 4.66. The lowest BCUT2D eigenvalue weighted by Gasteiger charge is -2.43. The van der Waals surface area contributed by atoms with E-state index < -0.39 is 0 Å². The quantitative estimate of drug-likeness (QED) is 0.760. The maximum absolute atomic E-state index is 9.33. The molecule has 1 aliphatic carbocycles. The summed E-state index contributed by atoms with van der Waals surface area (Å²) in [4.78, 5) is 2.06. The molecule has 0 aromatic heterocycles. The van der Waals surface area contributed by atoms with Crippen LogP contribution in [-0.4, -0.2) is 25.3 Å². The average Bonchev–Trinajstić information content (AvgIpc) is 2.16. The van der Waals surface area contributed by atoms with Crippen molar-refractivity contribution in [2.75, 3.05) is 19.0 Å². The van der Waals surface area contributed by atoms with E-state index in [2.05, 4.69) is 17.0 Å². The number of anilines is 1. The summed E-state index contributed by atoms with van der Waals surface area (Å²) in [5, 5.41) is 9.33. The number of nitrogens with two attached hydrogens (primary N) is 1. The van der Waals surface area contributed by atoms with E-state index in [0.29, 0.717) is 12.8 Å². The second-order valence-electron chi connectivity index (χ2n) is 4.66. The summed E-state index contributed by atoms with van der Waals surface area (Å²) in [6.07, 6.45) is 1.12. The number of hydrogen-bond donors (Lipinski definition) is 2. The third-order valence-corrected chi connectivity index (χ3v) is 3.14. The molecule has 1 aliphatic rings. The first-order valence-electron chi connectivity index (χ1n) is 5.26. The molecule has 0 radical (unpaired) electrons. The highest BCUT2D eigenvalue weighted by Crippen LogP contribution is 2.39. The molecule has 0 aliphatic heterocycles. The van der Waals surface area contributed by atoms with Crippen LogP contribution in [0, 0.1) is 0 Å². The summed E-state index contributed by atoms with van der Waals surface area (Å²) >= 11 is 0. The topological polar surface area (TPSA) is 49.5 Å². The van der Waals surface area contributed by atoms with Gasteiger partial charge < -0.3 is 15.7 Å². The first-order chi connectivity index (χ1) is 7.01. The summed E-state index contributed by atoms with van der Waals surface area (Å²) in [5.74, 6) is 0. The van der Waals surface area contributed by atoms with Crippen molar-refractivity contribution in [3.05, 3.63) is 29.8 Å². The monoisotopic (exact) mass is 206 g/mol. The molecule has 3 heteroatoms. The third kappa shape index (κ3) is 1.85. The summed E-state index contributed by atoms with van der Waals surface area (Å²) in [6, 6.07) is 8.22. The van der Waals surface area contributed by atoms with Gasteiger partial charge in [0.05, 0.1) is 6.10 Å². The van der Waals surface area contributed by atoms with Crippen LogP contribution in [0.25, 0.3) is 0 Å². The Morgan fingerprint density at radius 3 is 2.60 bits per heavy atom. The maximum atomic E-state index is 9.33. The van der Waals surface area contributed by atoms with E-state index in [0.717, 1.165) is 11.3 Å². The fourth-order valence-corrected chi connectivity index (χ4v) is 2.11. The van der Waals surface area contributed by atoms with E-state index in [1.807, 2.05) is 26.2 Å². The zero-order valence-corrected chi connectivity index (χ0v) is 9.27. The molecule has 0 spiro atoms. The Morgan fingerprint density at radius 1 is 1.40 bits per heavy atom. The number of rotatable bonds is 2. The minimum atomic E-state index is -0.314. The van der Waals surface area contributed by atoms with Gasteiger partial charge in [0.15, 0.2) is 0 Å². The molecular formula is C12H18N2O. The van der Waals surface area contributed by atoms with Gasteiger partial charge in [0.2, 0.25) is 0 Å². The largest absolute Gasteiger partial charge is 0.393 e. The summed E-state index contributed by atoms with van der Waals surface area (Å²) in [5.41, 5.74) is 8.17. The Morgan fingerprint density at radius 2 is 2.07 bits per heavy atom. The number of hydrogen-bond acceptors (Lipinski definition) is 3. The molecule has 1 fully saturated rings. The van der Waals surface area contributed by atoms with Gasteiger partial charge in [-0.2, -0.15) is 0 Å². The van der Waals surface area contributed by atoms with Gasteiger partial charge in [-0.3, -0.25) is 0 Å². The molecule has 2 rings (SSSR count). The standard InChI is InChI=1S/C12H18N2O/c1-14(2)10-5-3-4-9(6-10)12(13)7-11(15)8-12/h3-6,11,15H,7-8,13H2,1-2H3. The molecule has 82 valence electrons. The summed E-state index contributed by atoms with van der Waals surface area (Å²) < 4.78 is 0. The Labute approximate surface area is 90.5 Å². The second kappa shape index (κ2) is 3.51. The van der Waals surface area contributed by atoms with E-state index in [-0.39, 0.29) is 11.6 Å². The Hall–Kier alpha value is -1.06. The SMILES string of the molecule is CN(C)c1cccc(C2(N)CC(O)C2)c1. The van der Waals surface area contributed by atoms with E-state index >= 15 is 0 Å². The Kier molecular flexibility index (Phi) is 2.44. The normalized spacial score (nSPS) is 29.7. The van der Waals surface area contributed by atoms with Gasteiger partial charge in [0.1, 0.15) is 0 Å². The van der Waals surface area contributed by atoms with E-state index in [1.54, 1.807) is 0 Å². The molecule has 1 aromatic rings. The number of nitrogens with zero attached hydrogens (tertiary/aromatic N) is 1. The van der Waals surface area contributed by atoms with Gasteiger partial charge in [-0.05, 0) is 30.5 Å². The molecule has 1 aromatic carbocycles. The van der Waals surface area contributed by atoms with Crippen molar-refractivity contribution >= 4 is 5.69 Å². The van der Waals surface area contributed by atoms with Crippen LogP contribution in [0.5, 0.6) is 0 Å². The maximum Gasteiger partial charge on any atom is 0.0582 e. The fraction of sp³-hybridized carbons (Fsp3) is 0.500. The minimum absolute atomic E-state index is 0.224. The zero-order chi connectivity index (χ0) is 11.1. The number of aliphatic hydroxyl groups is 1. The van der Waals surface area contributed by atoms with E-state index in [4.69, 9.17) is 5.73 Å². The molecule has 0 amide bonds. The molecule has 0 saturated heterocycles.